The number of aliphatic hydroxyl groups excluding tert-OH is 1. The SMILES string of the molecule is OCCCCCCc1ccccc1O. The number of aliphatic hydroxyl groups is 1. The first-order valence-corrected chi connectivity index (χ1v) is 5.22. The van der Waals surface area contributed by atoms with Crippen molar-refractivity contribution in [1.29, 1.82) is 0 Å². The molecule has 0 atom stereocenters. The van der Waals surface area contributed by atoms with Crippen LogP contribution in [0, 0.1) is 0 Å². The molecule has 2 N–H and O–H groups in total. The van der Waals surface area contributed by atoms with Gasteiger partial charge in [0.05, 0.1) is 0 Å². The molecular weight excluding hydrogens is 176 g/mol. The third-order valence-corrected chi connectivity index (χ3v) is 2.35. The zero-order chi connectivity index (χ0) is 10.2. The van der Waals surface area contributed by atoms with Crippen LogP contribution in [0.3, 0.4) is 0 Å². The summed E-state index contributed by atoms with van der Waals surface area (Å²) in [5.41, 5.74) is 1.02. The minimum absolute atomic E-state index is 0.288. The van der Waals surface area contributed by atoms with E-state index in [1.54, 1.807) is 6.07 Å². The maximum Gasteiger partial charge on any atom is 0.118 e. The first kappa shape index (κ1) is 11.1. The second-order valence-electron chi connectivity index (χ2n) is 3.52. The summed E-state index contributed by atoms with van der Waals surface area (Å²) in [4.78, 5) is 0. The van der Waals surface area contributed by atoms with Crippen molar-refractivity contribution >= 4 is 0 Å². The number of hydrogen-bond acceptors (Lipinski definition) is 2. The van der Waals surface area contributed by atoms with Crippen LogP contribution < -0.4 is 0 Å². The van der Waals surface area contributed by atoms with Crippen molar-refractivity contribution < 1.29 is 10.2 Å². The summed E-state index contributed by atoms with van der Waals surface area (Å²) in [5.74, 6) is 0.398. The monoisotopic (exact) mass is 194 g/mol. The molecule has 0 saturated heterocycles. The van der Waals surface area contributed by atoms with Crippen LogP contribution in [-0.4, -0.2) is 16.8 Å². The maximum absolute atomic E-state index is 9.47. The number of para-hydroxylation sites is 1. The van der Waals surface area contributed by atoms with Crippen LogP contribution in [0.5, 0.6) is 5.75 Å². The van der Waals surface area contributed by atoms with Gasteiger partial charge in [-0.05, 0) is 30.9 Å². The van der Waals surface area contributed by atoms with Gasteiger partial charge >= 0.3 is 0 Å². The molecule has 0 heterocycles. The molecule has 1 rings (SSSR count). The summed E-state index contributed by atoms with van der Waals surface area (Å²) in [7, 11) is 0. The lowest BCUT2D eigenvalue weighted by molar-refractivity contribution is 0.282. The number of phenolic OH excluding ortho intramolecular Hbond substituents is 1. The fourth-order valence-corrected chi connectivity index (χ4v) is 1.50. The number of rotatable bonds is 6. The third kappa shape index (κ3) is 3.79. The van der Waals surface area contributed by atoms with Crippen molar-refractivity contribution in [3.8, 4) is 5.75 Å². The van der Waals surface area contributed by atoms with Crippen molar-refractivity contribution in [3.63, 3.8) is 0 Å². The average Bonchev–Trinajstić information content (AvgIpc) is 2.20. The normalized spacial score (nSPS) is 10.4. The van der Waals surface area contributed by atoms with Crippen LogP contribution in [-0.2, 0) is 6.42 Å². The molecule has 0 aliphatic rings. The highest BCUT2D eigenvalue weighted by molar-refractivity contribution is 5.31. The molecule has 1 aromatic carbocycles. The first-order valence-electron chi connectivity index (χ1n) is 5.22. The highest BCUT2D eigenvalue weighted by Gasteiger charge is 1.98. The standard InChI is InChI=1S/C12H18O2/c13-10-6-2-1-3-7-11-8-4-5-9-12(11)14/h4-5,8-9,13-14H,1-3,6-7,10H2. The predicted octanol–water partition coefficient (Wildman–Crippen LogP) is 2.49. The van der Waals surface area contributed by atoms with Gasteiger partial charge in [-0.15, -0.1) is 0 Å². The van der Waals surface area contributed by atoms with Crippen LogP contribution in [0.25, 0.3) is 0 Å². The lowest BCUT2D eigenvalue weighted by Crippen LogP contribution is -1.88. The maximum atomic E-state index is 9.47. The van der Waals surface area contributed by atoms with Gasteiger partial charge in [-0.2, -0.15) is 0 Å². The van der Waals surface area contributed by atoms with E-state index >= 15 is 0 Å². The molecule has 0 unspecified atom stereocenters. The van der Waals surface area contributed by atoms with Crippen molar-refractivity contribution in [3.05, 3.63) is 29.8 Å². The Morgan fingerprint density at radius 3 is 2.36 bits per heavy atom. The van der Waals surface area contributed by atoms with E-state index in [9.17, 15) is 5.11 Å². The fraction of sp³-hybridized carbons (Fsp3) is 0.500. The Labute approximate surface area is 85.2 Å². The Bertz CT molecular complexity index is 258. The summed E-state index contributed by atoms with van der Waals surface area (Å²) in [6, 6.07) is 7.47. The zero-order valence-corrected chi connectivity index (χ0v) is 8.45. The minimum atomic E-state index is 0.288. The quantitative estimate of drug-likeness (QED) is 0.683. The molecule has 0 fully saturated rings. The van der Waals surface area contributed by atoms with Gasteiger partial charge in [-0.25, -0.2) is 0 Å². The van der Waals surface area contributed by atoms with Gasteiger partial charge < -0.3 is 10.2 Å². The Kier molecular flexibility index (Phi) is 5.08. The third-order valence-electron chi connectivity index (χ3n) is 2.35. The second kappa shape index (κ2) is 6.44. The molecule has 1 aromatic rings. The van der Waals surface area contributed by atoms with Gasteiger partial charge in [0.25, 0.3) is 0 Å². The number of unbranched alkanes of at least 4 members (excludes halogenated alkanes) is 3. The molecule has 0 saturated carbocycles. The minimum Gasteiger partial charge on any atom is -0.508 e. The van der Waals surface area contributed by atoms with Gasteiger partial charge in [-0.3, -0.25) is 0 Å². The summed E-state index contributed by atoms with van der Waals surface area (Å²) in [5, 5.41) is 18.1. The molecular formula is C12H18O2. The highest BCUT2D eigenvalue weighted by Crippen LogP contribution is 2.18. The Hall–Kier alpha value is -1.02. The molecule has 14 heavy (non-hydrogen) atoms. The van der Waals surface area contributed by atoms with Gasteiger partial charge in [-0.1, -0.05) is 31.0 Å². The molecule has 0 aliphatic heterocycles. The van der Waals surface area contributed by atoms with Crippen molar-refractivity contribution in [1.82, 2.24) is 0 Å². The lowest BCUT2D eigenvalue weighted by Gasteiger charge is -2.03. The average molecular weight is 194 g/mol. The number of benzene rings is 1. The number of phenols is 1. The topological polar surface area (TPSA) is 40.5 Å². The summed E-state index contributed by atoms with van der Waals surface area (Å²) in [6.45, 7) is 0.288. The molecule has 0 spiro atoms. The van der Waals surface area contributed by atoms with E-state index in [2.05, 4.69) is 0 Å². The van der Waals surface area contributed by atoms with Gasteiger partial charge in [0, 0.05) is 6.61 Å². The van der Waals surface area contributed by atoms with Gasteiger partial charge in [0.2, 0.25) is 0 Å². The molecule has 2 nitrogen and oxygen atoms in total. The Morgan fingerprint density at radius 2 is 1.64 bits per heavy atom. The van der Waals surface area contributed by atoms with E-state index in [1.807, 2.05) is 18.2 Å². The smallest absolute Gasteiger partial charge is 0.118 e. The van der Waals surface area contributed by atoms with Crippen LogP contribution in [0.2, 0.25) is 0 Å². The summed E-state index contributed by atoms with van der Waals surface area (Å²) in [6.07, 6.45) is 5.09. The molecule has 0 bridgehead atoms. The molecule has 2 heteroatoms. The lowest BCUT2D eigenvalue weighted by atomic mass is 10.1. The van der Waals surface area contributed by atoms with Crippen molar-refractivity contribution in [2.24, 2.45) is 0 Å². The number of aryl methyl sites for hydroxylation is 1. The van der Waals surface area contributed by atoms with Crippen molar-refractivity contribution in [2.45, 2.75) is 32.1 Å². The fourth-order valence-electron chi connectivity index (χ4n) is 1.50. The zero-order valence-electron chi connectivity index (χ0n) is 8.45. The van der Waals surface area contributed by atoms with Crippen LogP contribution in [0.4, 0.5) is 0 Å². The van der Waals surface area contributed by atoms with Crippen LogP contribution >= 0.6 is 0 Å². The predicted molar refractivity (Wildman–Crippen MR) is 57.4 cm³/mol. The molecule has 0 amide bonds. The second-order valence-corrected chi connectivity index (χ2v) is 3.52. The molecule has 78 valence electrons. The van der Waals surface area contributed by atoms with E-state index in [4.69, 9.17) is 5.11 Å². The van der Waals surface area contributed by atoms with Crippen LogP contribution in [0.1, 0.15) is 31.2 Å². The number of hydrogen-bond donors (Lipinski definition) is 2. The molecule has 0 aromatic heterocycles. The first-order chi connectivity index (χ1) is 6.84. The summed E-state index contributed by atoms with van der Waals surface area (Å²) < 4.78 is 0. The van der Waals surface area contributed by atoms with E-state index in [0.29, 0.717) is 5.75 Å². The summed E-state index contributed by atoms with van der Waals surface area (Å²) >= 11 is 0. The highest BCUT2D eigenvalue weighted by atomic mass is 16.3. The van der Waals surface area contributed by atoms with E-state index in [1.165, 1.54) is 0 Å². The molecule has 0 radical (unpaired) electrons. The van der Waals surface area contributed by atoms with E-state index < -0.39 is 0 Å². The van der Waals surface area contributed by atoms with E-state index in [-0.39, 0.29) is 6.61 Å². The van der Waals surface area contributed by atoms with E-state index in [0.717, 1.165) is 37.7 Å². The Balaban J connectivity index is 2.21. The Morgan fingerprint density at radius 1 is 0.929 bits per heavy atom. The van der Waals surface area contributed by atoms with Gasteiger partial charge in [0.1, 0.15) is 5.75 Å². The number of aromatic hydroxyl groups is 1. The van der Waals surface area contributed by atoms with Crippen LogP contribution in [0.15, 0.2) is 24.3 Å². The molecule has 0 aliphatic carbocycles. The van der Waals surface area contributed by atoms with Gasteiger partial charge in [0.15, 0.2) is 0 Å². The van der Waals surface area contributed by atoms with Crippen molar-refractivity contribution in [2.75, 3.05) is 6.61 Å². The largest absolute Gasteiger partial charge is 0.508 e.